The number of carbonyl (C=O) groups is 6. The third-order valence-electron chi connectivity index (χ3n) is 15.6. The van der Waals surface area contributed by atoms with Gasteiger partial charge in [0.15, 0.2) is 23.0 Å². The van der Waals surface area contributed by atoms with Crippen molar-refractivity contribution in [1.82, 2.24) is 50.2 Å². The summed E-state index contributed by atoms with van der Waals surface area (Å²) in [7, 11) is 2.45. The van der Waals surface area contributed by atoms with Gasteiger partial charge in [0.25, 0.3) is 0 Å². The van der Waals surface area contributed by atoms with E-state index in [4.69, 9.17) is 38.1 Å². The van der Waals surface area contributed by atoms with E-state index in [0.717, 1.165) is 44.5 Å². The Hall–Kier alpha value is -9.48. The van der Waals surface area contributed by atoms with Gasteiger partial charge in [-0.25, -0.2) is 29.1 Å². The van der Waals surface area contributed by atoms with Crippen molar-refractivity contribution in [3.63, 3.8) is 0 Å². The van der Waals surface area contributed by atoms with Crippen molar-refractivity contribution in [3.8, 4) is 56.6 Å². The Labute approximate surface area is 463 Å². The number of rotatable bonds is 12. The van der Waals surface area contributed by atoms with Crippen LogP contribution in [0.1, 0.15) is 72.7 Å². The Kier molecular flexibility index (Phi) is 13.9. The van der Waals surface area contributed by atoms with Crippen molar-refractivity contribution in [2.75, 3.05) is 47.4 Å². The van der Waals surface area contributed by atoms with Crippen molar-refractivity contribution in [3.05, 3.63) is 119 Å². The molecule has 0 spiro atoms. The topological polar surface area (TPSA) is 271 Å². The van der Waals surface area contributed by atoms with Crippen LogP contribution in [0.4, 0.5) is 19.2 Å². The van der Waals surface area contributed by atoms with Crippen LogP contribution in [0.3, 0.4) is 0 Å². The molecule has 6 aliphatic rings. The fourth-order valence-electron chi connectivity index (χ4n) is 11.4. The summed E-state index contributed by atoms with van der Waals surface area (Å²) in [6.07, 6.45) is 0.0920. The molecule has 0 bridgehead atoms. The number of H-pyrrole nitrogens is 2. The highest BCUT2D eigenvalue weighted by Crippen LogP contribution is 2.44. The van der Waals surface area contributed by atoms with Gasteiger partial charge in [-0.05, 0) is 45.9 Å². The first-order valence-corrected chi connectivity index (χ1v) is 26.6. The first-order valence-electron chi connectivity index (χ1n) is 26.6. The van der Waals surface area contributed by atoms with E-state index in [2.05, 4.69) is 30.3 Å². The molecule has 6 amide bonds. The van der Waals surface area contributed by atoms with Crippen molar-refractivity contribution in [1.29, 1.82) is 0 Å². The average molecular weight is 1110 g/mol. The SMILES string of the molecule is COC(=O)NCC(=O)N1C[C@H](OC(=O)N2Cc3ccc4c(c3C2)OCO4)C[C@H]1c1ncc(-c2ccc(-c3ccc(-c4c[nH]c([C@@H]5C[C@@H](OC(=O)N6Cc7ccc8c(c7C6)OCO8)CN5C(=O)C(NC(=O)OC)C(C)C)n4)cc3)cc2)[nH]1. The molecular formula is C57H58N10O14. The lowest BCUT2D eigenvalue weighted by atomic mass is 10.0. The number of fused-ring (bicyclic) bond motifs is 6. The highest BCUT2D eigenvalue weighted by molar-refractivity contribution is 5.87. The number of methoxy groups -OCH3 is 2. The van der Waals surface area contributed by atoms with Gasteiger partial charge in [-0.2, -0.15) is 0 Å². The molecule has 420 valence electrons. The van der Waals surface area contributed by atoms with Crippen molar-refractivity contribution in [2.24, 2.45) is 5.92 Å². The number of nitrogens with zero attached hydrogens (tertiary/aromatic N) is 6. The molecule has 1 unspecified atom stereocenters. The number of hydrogen-bond donors (Lipinski definition) is 4. The number of aromatic nitrogens is 4. The Balaban J connectivity index is 0.710. The lowest BCUT2D eigenvalue weighted by Crippen LogP contribution is -2.51. The molecule has 0 aliphatic carbocycles. The van der Waals surface area contributed by atoms with E-state index in [9.17, 15) is 28.8 Å². The number of ether oxygens (including phenoxy) is 8. The summed E-state index contributed by atoms with van der Waals surface area (Å²) in [5.41, 5.74) is 8.52. The molecule has 2 saturated heterocycles. The number of alkyl carbamates (subject to hydrolysis) is 2. The number of nitrogens with one attached hydrogen (secondary N) is 4. The van der Waals surface area contributed by atoms with Gasteiger partial charge in [0.05, 0.1) is 70.1 Å². The zero-order valence-electron chi connectivity index (χ0n) is 44.7. The molecule has 81 heavy (non-hydrogen) atoms. The Morgan fingerprint density at radius 2 is 1.20 bits per heavy atom. The van der Waals surface area contributed by atoms with Crippen LogP contribution in [0, 0.1) is 5.92 Å². The number of amides is 6. The van der Waals surface area contributed by atoms with E-state index < -0.39 is 60.6 Å². The maximum Gasteiger partial charge on any atom is 0.410 e. The normalized spacial score (nSPS) is 19.6. The van der Waals surface area contributed by atoms with Crippen LogP contribution in [0.5, 0.6) is 23.0 Å². The Morgan fingerprint density at radius 1 is 0.654 bits per heavy atom. The van der Waals surface area contributed by atoms with Gasteiger partial charge >= 0.3 is 24.4 Å². The fraction of sp³-hybridized carbons (Fsp3) is 0.368. The van der Waals surface area contributed by atoms with Crippen LogP contribution in [0.25, 0.3) is 33.6 Å². The van der Waals surface area contributed by atoms with E-state index in [1.54, 1.807) is 32.0 Å². The summed E-state index contributed by atoms with van der Waals surface area (Å²) in [4.78, 5) is 102. The van der Waals surface area contributed by atoms with Crippen LogP contribution in [0.2, 0.25) is 0 Å². The molecule has 2 aromatic heterocycles. The molecule has 2 fully saturated rings. The molecular weight excluding hydrogens is 1050 g/mol. The van der Waals surface area contributed by atoms with Crippen LogP contribution in [-0.2, 0) is 54.7 Å². The van der Waals surface area contributed by atoms with Gasteiger partial charge in [0, 0.05) is 48.8 Å². The smallest absolute Gasteiger partial charge is 0.410 e. The number of benzene rings is 4. The van der Waals surface area contributed by atoms with E-state index in [1.165, 1.54) is 14.2 Å². The van der Waals surface area contributed by atoms with Crippen LogP contribution < -0.4 is 29.6 Å². The van der Waals surface area contributed by atoms with Crippen LogP contribution in [0.15, 0.2) is 85.2 Å². The predicted octanol–water partition coefficient (Wildman–Crippen LogP) is 6.92. The first kappa shape index (κ1) is 52.2. The van der Waals surface area contributed by atoms with Crippen molar-refractivity contribution < 1.29 is 66.7 Å². The molecule has 24 nitrogen and oxygen atoms in total. The minimum Gasteiger partial charge on any atom is -0.454 e. The molecule has 0 saturated carbocycles. The lowest BCUT2D eigenvalue weighted by Gasteiger charge is -2.29. The molecule has 4 N–H and O–H groups in total. The maximum atomic E-state index is 14.4. The van der Waals surface area contributed by atoms with Gasteiger partial charge in [-0.3, -0.25) is 19.4 Å². The third kappa shape index (κ3) is 10.3. The molecule has 6 aromatic rings. The molecule has 8 heterocycles. The lowest BCUT2D eigenvalue weighted by molar-refractivity contribution is -0.136. The fourth-order valence-corrected chi connectivity index (χ4v) is 11.4. The number of hydrogen-bond acceptors (Lipinski definition) is 16. The summed E-state index contributed by atoms with van der Waals surface area (Å²) >= 11 is 0. The van der Waals surface area contributed by atoms with Gasteiger partial charge < -0.3 is 68.3 Å². The third-order valence-corrected chi connectivity index (χ3v) is 15.6. The summed E-state index contributed by atoms with van der Waals surface area (Å²) < 4.78 is 44.1. The second kappa shape index (κ2) is 21.6. The quantitative estimate of drug-likeness (QED) is 0.0906. The van der Waals surface area contributed by atoms with Gasteiger partial charge in [0.1, 0.15) is 36.4 Å². The predicted molar refractivity (Wildman–Crippen MR) is 284 cm³/mol. The van der Waals surface area contributed by atoms with E-state index in [1.807, 2.05) is 86.6 Å². The van der Waals surface area contributed by atoms with E-state index in [0.29, 0.717) is 72.2 Å². The monoisotopic (exact) mass is 1110 g/mol. The molecule has 5 atom stereocenters. The van der Waals surface area contributed by atoms with E-state index in [-0.39, 0.29) is 57.9 Å². The summed E-state index contributed by atoms with van der Waals surface area (Å²) in [5, 5.41) is 5.13. The van der Waals surface area contributed by atoms with Gasteiger partial charge in [-0.1, -0.05) is 74.5 Å². The van der Waals surface area contributed by atoms with E-state index >= 15 is 0 Å². The minimum atomic E-state index is -0.925. The molecule has 0 radical (unpaired) electrons. The molecule has 4 aromatic carbocycles. The Morgan fingerprint density at radius 3 is 1.77 bits per heavy atom. The average Bonchev–Trinajstić information content (AvgIpc) is 4.45. The number of likely N-dealkylation sites (tertiary alicyclic amines) is 2. The summed E-state index contributed by atoms with van der Waals surface area (Å²) in [6, 6.07) is 21.2. The second-order valence-corrected chi connectivity index (χ2v) is 20.8. The molecule has 6 aliphatic heterocycles. The summed E-state index contributed by atoms with van der Waals surface area (Å²) in [6.45, 7) is 4.97. The number of aromatic amines is 2. The molecule has 24 heteroatoms. The highest BCUT2D eigenvalue weighted by atomic mass is 16.7. The first-order chi connectivity index (χ1) is 39.3. The minimum absolute atomic E-state index is 0.0710. The van der Waals surface area contributed by atoms with Gasteiger partial charge in [-0.15, -0.1) is 0 Å². The summed E-state index contributed by atoms with van der Waals surface area (Å²) in [5.74, 6) is 2.46. The number of imidazole rings is 2. The highest BCUT2D eigenvalue weighted by Gasteiger charge is 2.45. The number of carbonyl (C=O) groups excluding carboxylic acids is 6. The zero-order chi connectivity index (χ0) is 56.1. The maximum absolute atomic E-state index is 14.4. The van der Waals surface area contributed by atoms with Crippen molar-refractivity contribution >= 4 is 36.2 Å². The van der Waals surface area contributed by atoms with Crippen LogP contribution >= 0.6 is 0 Å². The largest absolute Gasteiger partial charge is 0.454 e. The second-order valence-electron chi connectivity index (χ2n) is 20.8. The van der Waals surface area contributed by atoms with Gasteiger partial charge in [0.2, 0.25) is 25.4 Å². The Bertz CT molecular complexity index is 3440. The van der Waals surface area contributed by atoms with Crippen molar-refractivity contribution in [2.45, 2.75) is 83.2 Å². The molecule has 12 rings (SSSR count). The standard InChI is InChI=1S/C57H58N10O14/c1-30(2)48(63-55(71)75-4)53(69)67-25-38(81-57(73)65-23-36-14-16-46-50(40(36)27-65)79-29-77-46)18-44(67)52-59-20-42(62-52)34-11-7-32(8-12-34)31-5-9-33(10-6-31)41-19-58-51(61-41)43-17-37(24-66(43)47(68)21-60-54(70)74-3)80-56(72)64-22-35-13-15-45-49(39(35)26-64)78-28-76-45/h5-16,19-20,30,37-38,43-44,48H,17-18,21-29H2,1-4H3,(H,58,61)(H,59,62)(H,60,70)(H,63,71)/t37-,38-,43+,44+,48?/m1/s1. The van der Waals surface area contributed by atoms with Crippen LogP contribution in [-0.4, -0.2) is 141 Å². The zero-order valence-corrected chi connectivity index (χ0v) is 44.7.